The number of nitrogens with one attached hydrogen (secondary N) is 1. The number of aryl methyl sites for hydroxylation is 1. The smallest absolute Gasteiger partial charge is 0.272 e. The van der Waals surface area contributed by atoms with E-state index >= 15 is 0 Å². The number of carbonyl (C=O) groups excluding carboxylic acids is 1. The van der Waals surface area contributed by atoms with E-state index in [0.29, 0.717) is 11.1 Å². The summed E-state index contributed by atoms with van der Waals surface area (Å²) >= 11 is 5.86. The summed E-state index contributed by atoms with van der Waals surface area (Å²) in [5.74, 6) is -0.292. The van der Waals surface area contributed by atoms with Gasteiger partial charge in [-0.05, 0) is 36.8 Å². The summed E-state index contributed by atoms with van der Waals surface area (Å²) in [6, 6.07) is 6.45. The number of halogens is 1. The molecule has 7 heteroatoms. The second-order valence-electron chi connectivity index (χ2n) is 4.44. The lowest BCUT2D eigenvalue weighted by Gasteiger charge is -2.06. The van der Waals surface area contributed by atoms with E-state index in [2.05, 4.69) is 15.5 Å². The third-order valence-electron chi connectivity index (χ3n) is 2.82. The fourth-order valence-corrected chi connectivity index (χ4v) is 1.88. The number of carbonyl (C=O) groups is 1. The van der Waals surface area contributed by atoms with Crippen LogP contribution in [0.4, 0.5) is 0 Å². The van der Waals surface area contributed by atoms with E-state index in [4.69, 9.17) is 16.3 Å². The molecule has 0 aliphatic carbocycles. The molecule has 0 atom stereocenters. The van der Waals surface area contributed by atoms with Crippen LogP contribution in [-0.2, 0) is 0 Å². The summed E-state index contributed by atoms with van der Waals surface area (Å²) in [6.45, 7) is 1.84. The van der Waals surface area contributed by atoms with Crippen molar-refractivity contribution < 1.29 is 14.6 Å². The number of phenolic OH excluding ortho intramolecular Hbond substituents is 1. The standard InChI is InChI=1S/C15H14ClN3O3/c1-9-3-4-11(8-17-9)15(21)19-18-7-10-5-12(16)14(20)13(6-10)22-2/h3-8,20H,1-2H3,(H,19,21)/b18-7+. The molecule has 1 heterocycles. The number of hydrogen-bond donors (Lipinski definition) is 2. The molecule has 0 bridgehead atoms. The lowest BCUT2D eigenvalue weighted by molar-refractivity contribution is 0.0955. The minimum atomic E-state index is -0.374. The van der Waals surface area contributed by atoms with Crippen molar-refractivity contribution in [3.8, 4) is 11.5 Å². The van der Waals surface area contributed by atoms with Gasteiger partial charge in [0.2, 0.25) is 0 Å². The first-order chi connectivity index (χ1) is 10.5. The van der Waals surface area contributed by atoms with E-state index < -0.39 is 0 Å². The average molecular weight is 320 g/mol. The monoisotopic (exact) mass is 319 g/mol. The van der Waals surface area contributed by atoms with Crippen LogP contribution in [0.5, 0.6) is 11.5 Å². The zero-order chi connectivity index (χ0) is 16.1. The number of rotatable bonds is 4. The second kappa shape index (κ2) is 6.91. The first-order valence-electron chi connectivity index (χ1n) is 6.34. The van der Waals surface area contributed by atoms with Gasteiger partial charge in [0.1, 0.15) is 0 Å². The van der Waals surface area contributed by atoms with Gasteiger partial charge >= 0.3 is 0 Å². The van der Waals surface area contributed by atoms with Crippen molar-refractivity contribution in [2.45, 2.75) is 6.92 Å². The maximum atomic E-state index is 11.8. The van der Waals surface area contributed by atoms with Crippen LogP contribution in [0.15, 0.2) is 35.6 Å². The SMILES string of the molecule is COc1cc(/C=N/NC(=O)c2ccc(C)nc2)cc(Cl)c1O. The highest BCUT2D eigenvalue weighted by atomic mass is 35.5. The molecule has 0 saturated heterocycles. The number of ether oxygens (including phenoxy) is 1. The minimum Gasteiger partial charge on any atom is -0.503 e. The zero-order valence-corrected chi connectivity index (χ0v) is 12.8. The lowest BCUT2D eigenvalue weighted by Crippen LogP contribution is -2.17. The second-order valence-corrected chi connectivity index (χ2v) is 4.85. The Morgan fingerprint density at radius 2 is 2.23 bits per heavy atom. The number of aromatic hydroxyl groups is 1. The van der Waals surface area contributed by atoms with Crippen molar-refractivity contribution in [1.29, 1.82) is 0 Å². The number of benzene rings is 1. The third kappa shape index (κ3) is 3.73. The molecule has 22 heavy (non-hydrogen) atoms. The minimum absolute atomic E-state index is 0.134. The first kappa shape index (κ1) is 15.8. The Morgan fingerprint density at radius 1 is 1.45 bits per heavy atom. The van der Waals surface area contributed by atoms with Gasteiger partial charge in [0.15, 0.2) is 11.5 Å². The lowest BCUT2D eigenvalue weighted by atomic mass is 10.2. The van der Waals surface area contributed by atoms with Crippen LogP contribution in [0.2, 0.25) is 5.02 Å². The Balaban J connectivity index is 2.08. The fraction of sp³-hybridized carbons (Fsp3) is 0.133. The van der Waals surface area contributed by atoms with Crippen molar-refractivity contribution in [2.24, 2.45) is 5.10 Å². The largest absolute Gasteiger partial charge is 0.503 e. The maximum absolute atomic E-state index is 11.8. The Morgan fingerprint density at radius 3 is 2.86 bits per heavy atom. The van der Waals surface area contributed by atoms with E-state index in [9.17, 15) is 9.90 Å². The number of phenols is 1. The first-order valence-corrected chi connectivity index (χ1v) is 6.71. The average Bonchev–Trinajstić information content (AvgIpc) is 2.51. The van der Waals surface area contributed by atoms with E-state index in [1.54, 1.807) is 18.2 Å². The van der Waals surface area contributed by atoms with Gasteiger partial charge in [-0.1, -0.05) is 11.6 Å². The third-order valence-corrected chi connectivity index (χ3v) is 3.11. The van der Waals surface area contributed by atoms with Gasteiger partial charge < -0.3 is 9.84 Å². The van der Waals surface area contributed by atoms with Crippen LogP contribution in [0.1, 0.15) is 21.6 Å². The van der Waals surface area contributed by atoms with Crippen LogP contribution < -0.4 is 10.2 Å². The number of amides is 1. The van der Waals surface area contributed by atoms with E-state index in [-0.39, 0.29) is 22.4 Å². The summed E-state index contributed by atoms with van der Waals surface area (Å²) in [5, 5.41) is 13.6. The predicted molar refractivity (Wildman–Crippen MR) is 83.7 cm³/mol. The number of methoxy groups -OCH3 is 1. The molecule has 0 fully saturated rings. The molecule has 0 radical (unpaired) electrons. The van der Waals surface area contributed by atoms with E-state index in [1.807, 2.05) is 6.92 Å². The summed E-state index contributed by atoms with van der Waals surface area (Å²) < 4.78 is 4.98. The number of hydrazone groups is 1. The van der Waals surface area contributed by atoms with Crippen molar-refractivity contribution in [2.75, 3.05) is 7.11 Å². The van der Waals surface area contributed by atoms with Crippen molar-refractivity contribution >= 4 is 23.7 Å². The Bertz CT molecular complexity index is 715. The molecular weight excluding hydrogens is 306 g/mol. The molecule has 1 aromatic heterocycles. The van der Waals surface area contributed by atoms with Crippen LogP contribution in [0.25, 0.3) is 0 Å². The molecule has 0 unspecified atom stereocenters. The maximum Gasteiger partial charge on any atom is 0.272 e. The van der Waals surface area contributed by atoms with Crippen LogP contribution in [-0.4, -0.2) is 29.3 Å². The number of aromatic nitrogens is 1. The van der Waals surface area contributed by atoms with Gasteiger partial charge in [-0.15, -0.1) is 0 Å². The van der Waals surface area contributed by atoms with Gasteiger partial charge in [0, 0.05) is 11.9 Å². The van der Waals surface area contributed by atoms with E-state index in [1.165, 1.54) is 25.6 Å². The molecule has 1 aromatic carbocycles. The molecule has 0 aliphatic heterocycles. The molecule has 2 N–H and O–H groups in total. The molecule has 6 nitrogen and oxygen atoms in total. The van der Waals surface area contributed by atoms with Crippen LogP contribution >= 0.6 is 11.6 Å². The van der Waals surface area contributed by atoms with Crippen LogP contribution in [0, 0.1) is 6.92 Å². The highest BCUT2D eigenvalue weighted by Gasteiger charge is 2.08. The summed E-state index contributed by atoms with van der Waals surface area (Å²) in [4.78, 5) is 15.9. The molecule has 0 aliphatic rings. The van der Waals surface area contributed by atoms with Crippen molar-refractivity contribution in [3.63, 3.8) is 0 Å². The van der Waals surface area contributed by atoms with Crippen molar-refractivity contribution in [1.82, 2.24) is 10.4 Å². The fourth-order valence-electron chi connectivity index (χ4n) is 1.66. The Labute approximate surface area is 132 Å². The Hall–Kier alpha value is -2.60. The molecule has 0 spiro atoms. The number of pyridine rings is 1. The van der Waals surface area contributed by atoms with Gasteiger partial charge in [-0.3, -0.25) is 9.78 Å². The zero-order valence-electron chi connectivity index (χ0n) is 12.0. The van der Waals surface area contributed by atoms with Gasteiger partial charge in [0.05, 0.1) is 23.9 Å². The van der Waals surface area contributed by atoms with Gasteiger partial charge in [-0.2, -0.15) is 5.10 Å². The summed E-state index contributed by atoms with van der Waals surface area (Å²) in [7, 11) is 1.42. The highest BCUT2D eigenvalue weighted by Crippen LogP contribution is 2.34. The number of nitrogens with zero attached hydrogens (tertiary/aromatic N) is 2. The topological polar surface area (TPSA) is 83.8 Å². The summed E-state index contributed by atoms with van der Waals surface area (Å²) in [6.07, 6.45) is 2.87. The quantitative estimate of drug-likeness (QED) is 0.670. The predicted octanol–water partition coefficient (Wildman–Crippen LogP) is 2.52. The molecule has 2 aromatic rings. The highest BCUT2D eigenvalue weighted by molar-refractivity contribution is 6.32. The molecular formula is C15H14ClN3O3. The molecule has 114 valence electrons. The molecule has 1 amide bonds. The normalized spacial score (nSPS) is 10.7. The van der Waals surface area contributed by atoms with Crippen LogP contribution in [0.3, 0.4) is 0 Å². The Kier molecular flexibility index (Phi) is 4.95. The number of hydrogen-bond acceptors (Lipinski definition) is 5. The summed E-state index contributed by atoms with van der Waals surface area (Å²) in [5.41, 5.74) is 4.19. The molecule has 2 rings (SSSR count). The van der Waals surface area contributed by atoms with Gasteiger partial charge in [-0.25, -0.2) is 5.43 Å². The van der Waals surface area contributed by atoms with E-state index in [0.717, 1.165) is 5.69 Å². The van der Waals surface area contributed by atoms with Gasteiger partial charge in [0.25, 0.3) is 5.91 Å². The van der Waals surface area contributed by atoms with Crippen molar-refractivity contribution in [3.05, 3.63) is 52.3 Å². The molecule has 0 saturated carbocycles.